The maximum absolute atomic E-state index is 12.1. The van der Waals surface area contributed by atoms with Gasteiger partial charge in [0, 0.05) is 19.4 Å². The molecule has 344 valence electrons. The van der Waals surface area contributed by atoms with E-state index in [-0.39, 0.29) is 32.1 Å². The molecule has 0 saturated heterocycles. The predicted molar refractivity (Wildman–Crippen MR) is 247 cm³/mol. The summed E-state index contributed by atoms with van der Waals surface area (Å²) in [6.07, 6.45) is 53.4. The lowest BCUT2D eigenvalue weighted by molar-refractivity contribution is -0.147. The Balaban J connectivity index is 3.61. The van der Waals surface area contributed by atoms with Gasteiger partial charge in [-0.1, -0.05) is 204 Å². The molecule has 10 heteroatoms. The molecule has 59 heavy (non-hydrogen) atoms. The van der Waals surface area contributed by atoms with Gasteiger partial charge >= 0.3 is 13.8 Å². The molecule has 0 radical (unpaired) electrons. The summed E-state index contributed by atoms with van der Waals surface area (Å²) >= 11 is 0. The minimum absolute atomic E-state index is 0.0766. The van der Waals surface area contributed by atoms with Crippen LogP contribution < -0.4 is 5.32 Å². The van der Waals surface area contributed by atoms with E-state index in [4.69, 9.17) is 13.8 Å². The van der Waals surface area contributed by atoms with E-state index < -0.39 is 26.5 Å². The minimum atomic E-state index is -4.43. The first-order chi connectivity index (χ1) is 28.8. The Kier molecular flexibility index (Phi) is 43.9. The third-order valence-electron chi connectivity index (χ3n) is 10.3. The highest BCUT2D eigenvalue weighted by molar-refractivity contribution is 7.47. The number of carbonyl (C=O) groups excluding carboxylic acids is 2. The molecular formula is C49H90NO8P. The molecular weight excluding hydrogens is 762 g/mol. The van der Waals surface area contributed by atoms with Crippen molar-refractivity contribution in [2.75, 3.05) is 26.4 Å². The topological polar surface area (TPSA) is 131 Å². The van der Waals surface area contributed by atoms with Gasteiger partial charge in [0.15, 0.2) is 0 Å². The van der Waals surface area contributed by atoms with Crippen LogP contribution in [0.15, 0.2) is 48.6 Å². The van der Waals surface area contributed by atoms with Crippen LogP contribution in [0.4, 0.5) is 0 Å². The zero-order chi connectivity index (χ0) is 43.2. The number of phosphoric acid groups is 1. The molecule has 0 rings (SSSR count). The average molecular weight is 852 g/mol. The Hall–Kier alpha value is -2.03. The van der Waals surface area contributed by atoms with E-state index in [1.165, 1.54) is 141 Å². The fraction of sp³-hybridized carbons (Fsp3) is 0.796. The number of phosphoric ester groups is 1. The van der Waals surface area contributed by atoms with Gasteiger partial charge in [-0.15, -0.1) is 0 Å². The molecule has 0 aromatic heterocycles. The Labute approximate surface area is 362 Å². The van der Waals surface area contributed by atoms with Crippen molar-refractivity contribution in [3.8, 4) is 0 Å². The second-order valence-corrected chi connectivity index (χ2v) is 17.5. The summed E-state index contributed by atoms with van der Waals surface area (Å²) in [4.78, 5) is 34.0. The first-order valence-electron chi connectivity index (χ1n) is 24.1. The van der Waals surface area contributed by atoms with Gasteiger partial charge in [-0.05, 0) is 51.4 Å². The Bertz CT molecular complexity index is 1110. The number of allylic oxidation sites excluding steroid dienone is 8. The first kappa shape index (κ1) is 57.0. The number of hydrogen-bond donors (Lipinski definition) is 3. The van der Waals surface area contributed by atoms with Crippen molar-refractivity contribution in [1.82, 2.24) is 5.32 Å². The lowest BCUT2D eigenvalue weighted by Crippen LogP contribution is -2.27. The molecule has 0 aliphatic carbocycles. The number of rotatable bonds is 45. The highest BCUT2D eigenvalue weighted by atomic mass is 31.2. The number of ether oxygens (including phenoxy) is 1. The van der Waals surface area contributed by atoms with Gasteiger partial charge < -0.3 is 20.1 Å². The van der Waals surface area contributed by atoms with Crippen LogP contribution in [0.1, 0.15) is 219 Å². The Morgan fingerprint density at radius 1 is 0.525 bits per heavy atom. The van der Waals surface area contributed by atoms with Gasteiger partial charge in [0.05, 0.1) is 13.2 Å². The SMILES string of the molecule is CCCCC/C=C\C/C=C\C/C=C\C/C=C\CCCC(=O)OCC(O)COP(=O)(O)OCCNC(=O)CCCCCCCCCCCCCCCCCCCCCCC. The lowest BCUT2D eigenvalue weighted by atomic mass is 10.0. The minimum Gasteiger partial charge on any atom is -0.463 e. The van der Waals surface area contributed by atoms with E-state index in [0.717, 1.165) is 44.9 Å². The highest BCUT2D eigenvalue weighted by Gasteiger charge is 2.23. The van der Waals surface area contributed by atoms with Crippen molar-refractivity contribution in [2.45, 2.75) is 225 Å². The fourth-order valence-corrected chi connectivity index (χ4v) is 7.37. The van der Waals surface area contributed by atoms with Gasteiger partial charge in [-0.25, -0.2) is 4.57 Å². The van der Waals surface area contributed by atoms with Gasteiger partial charge in [0.2, 0.25) is 5.91 Å². The zero-order valence-corrected chi connectivity index (χ0v) is 38.8. The monoisotopic (exact) mass is 852 g/mol. The predicted octanol–water partition coefficient (Wildman–Crippen LogP) is 13.9. The number of unbranched alkanes of at least 4 members (excludes halogenated alkanes) is 24. The Morgan fingerprint density at radius 3 is 1.41 bits per heavy atom. The van der Waals surface area contributed by atoms with Crippen molar-refractivity contribution < 1.29 is 37.9 Å². The number of aliphatic hydroxyl groups excluding tert-OH is 1. The lowest BCUT2D eigenvalue weighted by Gasteiger charge is -2.15. The number of esters is 1. The second-order valence-electron chi connectivity index (χ2n) is 16.1. The van der Waals surface area contributed by atoms with Gasteiger partial charge in [-0.3, -0.25) is 18.6 Å². The van der Waals surface area contributed by atoms with Gasteiger partial charge in [0.1, 0.15) is 12.7 Å². The number of aliphatic hydroxyl groups is 1. The molecule has 1 amide bonds. The second kappa shape index (κ2) is 45.5. The van der Waals surface area contributed by atoms with E-state index >= 15 is 0 Å². The molecule has 9 nitrogen and oxygen atoms in total. The van der Waals surface area contributed by atoms with E-state index in [1.54, 1.807) is 0 Å². The highest BCUT2D eigenvalue weighted by Crippen LogP contribution is 2.42. The molecule has 0 heterocycles. The summed E-state index contributed by atoms with van der Waals surface area (Å²) in [5, 5.41) is 12.7. The molecule has 2 unspecified atom stereocenters. The van der Waals surface area contributed by atoms with Gasteiger partial charge in [0.25, 0.3) is 0 Å². The molecule has 0 aliphatic rings. The first-order valence-corrected chi connectivity index (χ1v) is 25.6. The summed E-state index contributed by atoms with van der Waals surface area (Å²) < 4.78 is 26.9. The van der Waals surface area contributed by atoms with Crippen molar-refractivity contribution >= 4 is 19.7 Å². The zero-order valence-electron chi connectivity index (χ0n) is 37.9. The molecule has 0 aromatic carbocycles. The summed E-state index contributed by atoms with van der Waals surface area (Å²) in [6, 6.07) is 0. The molecule has 0 fully saturated rings. The third-order valence-corrected chi connectivity index (χ3v) is 11.2. The van der Waals surface area contributed by atoms with Crippen molar-refractivity contribution in [3.05, 3.63) is 48.6 Å². The molecule has 0 spiro atoms. The number of hydrogen-bond acceptors (Lipinski definition) is 7. The van der Waals surface area contributed by atoms with Crippen LogP contribution in [-0.4, -0.2) is 54.3 Å². The number of carbonyl (C=O) groups is 2. The number of nitrogens with one attached hydrogen (secondary N) is 1. The van der Waals surface area contributed by atoms with Crippen molar-refractivity contribution in [2.24, 2.45) is 0 Å². The molecule has 2 atom stereocenters. The number of amides is 1. The van der Waals surface area contributed by atoms with Crippen LogP contribution in [0.5, 0.6) is 0 Å². The van der Waals surface area contributed by atoms with Crippen LogP contribution >= 0.6 is 7.82 Å². The summed E-state index contributed by atoms with van der Waals surface area (Å²) in [5.74, 6) is -0.568. The van der Waals surface area contributed by atoms with Gasteiger partial charge in [-0.2, -0.15) is 0 Å². The standard InChI is InChI=1S/C49H90NO8P/c1-3-5-7-9-11-13-15-17-19-21-22-23-24-26-27-29-31-33-35-37-39-41-48(52)50-43-44-57-59(54,55)58-46-47(51)45-56-49(53)42-40-38-36-34-32-30-28-25-20-18-16-14-12-10-8-6-4-2/h12,14,18,20,28,30,34,36,47,51H,3-11,13,15-17,19,21-27,29,31-33,35,37-46H2,1-2H3,(H,50,52)(H,54,55)/b14-12-,20-18-,30-28-,36-34-. The summed E-state index contributed by atoms with van der Waals surface area (Å²) in [5.41, 5.74) is 0. The maximum Gasteiger partial charge on any atom is 0.472 e. The van der Waals surface area contributed by atoms with Crippen LogP contribution in [-0.2, 0) is 27.9 Å². The quantitative estimate of drug-likeness (QED) is 0.0239. The average Bonchev–Trinajstić information content (AvgIpc) is 3.22. The van der Waals surface area contributed by atoms with E-state index in [1.807, 2.05) is 6.08 Å². The molecule has 0 bridgehead atoms. The third kappa shape index (κ3) is 46.9. The van der Waals surface area contributed by atoms with E-state index in [2.05, 4.69) is 61.7 Å². The van der Waals surface area contributed by atoms with Crippen molar-refractivity contribution in [1.29, 1.82) is 0 Å². The molecule has 3 N–H and O–H groups in total. The van der Waals surface area contributed by atoms with E-state index in [9.17, 15) is 24.2 Å². The molecule has 0 aliphatic heterocycles. The summed E-state index contributed by atoms with van der Waals surface area (Å²) in [7, 11) is -4.43. The normalized spacial score (nSPS) is 13.6. The largest absolute Gasteiger partial charge is 0.472 e. The van der Waals surface area contributed by atoms with Crippen LogP contribution in [0, 0.1) is 0 Å². The molecule has 0 aromatic rings. The van der Waals surface area contributed by atoms with Crippen LogP contribution in [0.25, 0.3) is 0 Å². The van der Waals surface area contributed by atoms with Crippen LogP contribution in [0.2, 0.25) is 0 Å². The Morgan fingerprint density at radius 2 is 0.932 bits per heavy atom. The van der Waals surface area contributed by atoms with Crippen LogP contribution in [0.3, 0.4) is 0 Å². The maximum atomic E-state index is 12.1. The molecule has 0 saturated carbocycles. The van der Waals surface area contributed by atoms with Crippen molar-refractivity contribution in [3.63, 3.8) is 0 Å². The summed E-state index contributed by atoms with van der Waals surface area (Å²) in [6.45, 7) is 3.49. The van der Waals surface area contributed by atoms with E-state index in [0.29, 0.717) is 12.8 Å². The smallest absolute Gasteiger partial charge is 0.463 e. The fourth-order valence-electron chi connectivity index (χ4n) is 6.61.